The standard InChI is InChI=1S/C17H19F2NO3S/c1-11(2)13-5-7-14(8-6-13)24(21,22)20-15-10-12(3)4-9-16(15)23-17(18)19/h4-11,17,20H,1-3H3. The minimum absolute atomic E-state index is 0.0248. The Morgan fingerprint density at radius 2 is 1.67 bits per heavy atom. The number of hydrogen-bond acceptors (Lipinski definition) is 3. The van der Waals surface area contributed by atoms with Crippen LogP contribution < -0.4 is 9.46 Å². The zero-order chi connectivity index (χ0) is 17.9. The zero-order valence-corrected chi connectivity index (χ0v) is 14.4. The molecule has 2 rings (SSSR count). The van der Waals surface area contributed by atoms with E-state index >= 15 is 0 Å². The van der Waals surface area contributed by atoms with Gasteiger partial charge in [0.2, 0.25) is 0 Å². The van der Waals surface area contributed by atoms with Gasteiger partial charge in [0, 0.05) is 0 Å². The van der Waals surface area contributed by atoms with Crippen LogP contribution in [-0.4, -0.2) is 15.0 Å². The molecule has 0 fully saturated rings. The highest BCUT2D eigenvalue weighted by atomic mass is 32.2. The lowest BCUT2D eigenvalue weighted by Crippen LogP contribution is -2.15. The third-order valence-corrected chi connectivity index (χ3v) is 4.83. The van der Waals surface area contributed by atoms with Gasteiger partial charge in [-0.1, -0.05) is 32.0 Å². The number of rotatable bonds is 6. The minimum atomic E-state index is -3.91. The third kappa shape index (κ3) is 4.44. The Morgan fingerprint density at radius 3 is 2.21 bits per heavy atom. The summed E-state index contributed by atoms with van der Waals surface area (Å²) in [5.74, 6) is 0.0514. The van der Waals surface area contributed by atoms with Gasteiger partial charge in [0.05, 0.1) is 10.6 Å². The minimum Gasteiger partial charge on any atom is -0.433 e. The largest absolute Gasteiger partial charge is 0.433 e. The molecule has 24 heavy (non-hydrogen) atoms. The molecule has 0 atom stereocenters. The second-order valence-corrected chi connectivity index (χ2v) is 7.39. The predicted octanol–water partition coefficient (Wildman–Crippen LogP) is 4.52. The number of alkyl halides is 2. The number of benzene rings is 2. The van der Waals surface area contributed by atoms with Crippen LogP contribution in [0.15, 0.2) is 47.4 Å². The highest BCUT2D eigenvalue weighted by Crippen LogP contribution is 2.29. The van der Waals surface area contributed by atoms with Crippen LogP contribution in [0.1, 0.15) is 30.9 Å². The van der Waals surface area contributed by atoms with Crippen molar-refractivity contribution in [2.45, 2.75) is 38.2 Å². The fourth-order valence-electron chi connectivity index (χ4n) is 2.16. The Hall–Kier alpha value is -2.15. The molecule has 0 unspecified atom stereocenters. The van der Waals surface area contributed by atoms with E-state index in [0.717, 1.165) is 5.56 Å². The molecule has 0 bridgehead atoms. The first-order valence-electron chi connectivity index (χ1n) is 7.37. The van der Waals surface area contributed by atoms with Crippen LogP contribution in [0.5, 0.6) is 5.75 Å². The van der Waals surface area contributed by atoms with Crippen molar-refractivity contribution in [1.29, 1.82) is 0 Å². The fraction of sp³-hybridized carbons (Fsp3) is 0.294. The van der Waals surface area contributed by atoms with E-state index in [1.807, 2.05) is 13.8 Å². The molecule has 0 radical (unpaired) electrons. The number of hydrogen-bond donors (Lipinski definition) is 1. The summed E-state index contributed by atoms with van der Waals surface area (Å²) in [6, 6.07) is 10.7. The highest BCUT2D eigenvalue weighted by Gasteiger charge is 2.18. The number of anilines is 1. The van der Waals surface area contributed by atoms with Gasteiger partial charge in [-0.3, -0.25) is 4.72 Å². The van der Waals surface area contributed by atoms with E-state index in [1.54, 1.807) is 25.1 Å². The smallest absolute Gasteiger partial charge is 0.387 e. The molecular formula is C17H19F2NO3S. The molecule has 4 nitrogen and oxygen atoms in total. The Balaban J connectivity index is 2.33. The Kier molecular flexibility index (Phi) is 5.43. The Labute approximate surface area is 140 Å². The molecule has 0 aromatic heterocycles. The number of halogens is 2. The molecule has 2 aromatic carbocycles. The first-order chi connectivity index (χ1) is 11.2. The quantitative estimate of drug-likeness (QED) is 0.829. The van der Waals surface area contributed by atoms with E-state index in [-0.39, 0.29) is 22.3 Å². The van der Waals surface area contributed by atoms with Gasteiger partial charge >= 0.3 is 6.61 Å². The molecule has 0 aliphatic rings. The van der Waals surface area contributed by atoms with E-state index in [1.165, 1.54) is 24.3 Å². The van der Waals surface area contributed by atoms with Crippen LogP contribution in [-0.2, 0) is 10.0 Å². The summed E-state index contributed by atoms with van der Waals surface area (Å²) in [6.07, 6.45) is 0. The molecule has 0 saturated carbocycles. The van der Waals surface area contributed by atoms with Crippen LogP contribution in [0.25, 0.3) is 0 Å². The average molecular weight is 355 g/mol. The molecular weight excluding hydrogens is 336 g/mol. The van der Waals surface area contributed by atoms with Crippen LogP contribution in [0, 0.1) is 6.92 Å². The summed E-state index contributed by atoms with van der Waals surface area (Å²) in [5, 5.41) is 0. The average Bonchev–Trinajstić information content (AvgIpc) is 2.49. The first-order valence-corrected chi connectivity index (χ1v) is 8.85. The molecule has 0 aliphatic carbocycles. The van der Waals surface area contributed by atoms with Crippen molar-refractivity contribution in [3.8, 4) is 5.75 Å². The lowest BCUT2D eigenvalue weighted by atomic mass is 10.0. The van der Waals surface area contributed by atoms with Crippen molar-refractivity contribution >= 4 is 15.7 Å². The van der Waals surface area contributed by atoms with E-state index in [0.29, 0.717) is 5.56 Å². The summed E-state index contributed by atoms with van der Waals surface area (Å²) in [6.45, 7) is 2.69. The van der Waals surface area contributed by atoms with E-state index in [9.17, 15) is 17.2 Å². The van der Waals surface area contributed by atoms with Crippen molar-refractivity contribution in [3.63, 3.8) is 0 Å². The van der Waals surface area contributed by atoms with Gasteiger partial charge < -0.3 is 4.74 Å². The fourth-order valence-corrected chi connectivity index (χ4v) is 3.22. The monoisotopic (exact) mass is 355 g/mol. The van der Waals surface area contributed by atoms with Crippen molar-refractivity contribution in [1.82, 2.24) is 0 Å². The maximum atomic E-state index is 12.5. The van der Waals surface area contributed by atoms with Gasteiger partial charge in [-0.2, -0.15) is 8.78 Å². The van der Waals surface area contributed by atoms with Gasteiger partial charge in [-0.15, -0.1) is 0 Å². The van der Waals surface area contributed by atoms with Gasteiger partial charge in [0.15, 0.2) is 0 Å². The molecule has 0 spiro atoms. The Bertz CT molecular complexity index is 803. The molecule has 0 heterocycles. The molecule has 0 amide bonds. The third-order valence-electron chi connectivity index (χ3n) is 3.45. The summed E-state index contributed by atoms with van der Waals surface area (Å²) < 4.78 is 56.6. The lowest BCUT2D eigenvalue weighted by Gasteiger charge is -2.14. The maximum absolute atomic E-state index is 12.5. The normalized spacial score (nSPS) is 11.8. The molecule has 1 N–H and O–H groups in total. The van der Waals surface area contributed by atoms with Crippen LogP contribution in [0.3, 0.4) is 0 Å². The van der Waals surface area contributed by atoms with E-state index in [4.69, 9.17) is 0 Å². The van der Waals surface area contributed by atoms with Gasteiger partial charge in [0.25, 0.3) is 10.0 Å². The number of sulfonamides is 1. The summed E-state index contributed by atoms with van der Waals surface area (Å²) in [4.78, 5) is 0.0522. The topological polar surface area (TPSA) is 55.4 Å². The van der Waals surface area contributed by atoms with Crippen LogP contribution in [0.2, 0.25) is 0 Å². The van der Waals surface area contributed by atoms with Crippen molar-refractivity contribution < 1.29 is 21.9 Å². The summed E-state index contributed by atoms with van der Waals surface area (Å²) in [7, 11) is -3.91. The molecule has 7 heteroatoms. The van der Waals surface area contributed by atoms with Gasteiger partial charge in [-0.25, -0.2) is 8.42 Å². The number of nitrogens with one attached hydrogen (secondary N) is 1. The predicted molar refractivity (Wildman–Crippen MR) is 89.2 cm³/mol. The number of aryl methyl sites for hydroxylation is 1. The summed E-state index contributed by atoms with van der Waals surface area (Å²) >= 11 is 0. The summed E-state index contributed by atoms with van der Waals surface area (Å²) in [5.41, 5.74) is 1.69. The number of ether oxygens (including phenoxy) is 1. The molecule has 130 valence electrons. The van der Waals surface area contributed by atoms with Crippen molar-refractivity contribution in [2.75, 3.05) is 4.72 Å². The highest BCUT2D eigenvalue weighted by molar-refractivity contribution is 7.92. The lowest BCUT2D eigenvalue weighted by molar-refractivity contribution is -0.0493. The van der Waals surface area contributed by atoms with Crippen LogP contribution >= 0.6 is 0 Å². The van der Waals surface area contributed by atoms with Gasteiger partial charge in [-0.05, 0) is 48.2 Å². The molecule has 0 aliphatic heterocycles. The van der Waals surface area contributed by atoms with Crippen molar-refractivity contribution in [3.05, 3.63) is 53.6 Å². The van der Waals surface area contributed by atoms with Crippen LogP contribution in [0.4, 0.5) is 14.5 Å². The second kappa shape index (κ2) is 7.17. The molecule has 0 saturated heterocycles. The molecule has 2 aromatic rings. The second-order valence-electron chi connectivity index (χ2n) is 5.71. The zero-order valence-electron chi connectivity index (χ0n) is 13.6. The van der Waals surface area contributed by atoms with Crippen molar-refractivity contribution in [2.24, 2.45) is 0 Å². The maximum Gasteiger partial charge on any atom is 0.387 e. The van der Waals surface area contributed by atoms with E-state index < -0.39 is 16.6 Å². The first kappa shape index (κ1) is 18.2. The Morgan fingerprint density at radius 1 is 1.04 bits per heavy atom. The van der Waals surface area contributed by atoms with E-state index in [2.05, 4.69) is 9.46 Å². The van der Waals surface area contributed by atoms with Gasteiger partial charge in [0.1, 0.15) is 5.75 Å². The SMILES string of the molecule is Cc1ccc(OC(F)F)c(NS(=O)(=O)c2ccc(C(C)C)cc2)c1.